The molecule has 78 valence electrons. The van der Waals surface area contributed by atoms with Crippen LogP contribution in [0.4, 0.5) is 0 Å². The molecule has 0 saturated heterocycles. The predicted octanol–water partition coefficient (Wildman–Crippen LogP) is 3.33. The molecule has 13 heavy (non-hydrogen) atoms. The molecule has 1 fully saturated rings. The van der Waals surface area contributed by atoms with Crippen LogP contribution in [0, 0.1) is 11.8 Å². The minimum absolute atomic E-state index is 0.509. The number of hydrogen-bond acceptors (Lipinski definition) is 1. The van der Waals surface area contributed by atoms with Gasteiger partial charge in [0.25, 0.3) is 0 Å². The van der Waals surface area contributed by atoms with E-state index in [0.29, 0.717) is 6.04 Å². The number of hydrogen-bond donors (Lipinski definition) is 1. The predicted molar refractivity (Wildman–Crippen MR) is 58.6 cm³/mol. The molecule has 0 spiro atoms. The fraction of sp³-hybridized carbons (Fsp3) is 1.00. The van der Waals surface area contributed by atoms with Crippen molar-refractivity contribution in [2.45, 2.75) is 64.8 Å². The third kappa shape index (κ3) is 3.68. The average Bonchev–Trinajstić information content (AvgIpc) is 2.15. The van der Waals surface area contributed by atoms with E-state index >= 15 is 0 Å². The normalized spacial score (nSPS) is 31.6. The van der Waals surface area contributed by atoms with Crippen molar-refractivity contribution < 1.29 is 0 Å². The summed E-state index contributed by atoms with van der Waals surface area (Å²) in [4.78, 5) is 0. The van der Waals surface area contributed by atoms with Gasteiger partial charge in [0.2, 0.25) is 0 Å². The molecule has 0 aromatic heterocycles. The lowest BCUT2D eigenvalue weighted by Gasteiger charge is -2.30. The molecule has 1 atom stereocenters. The van der Waals surface area contributed by atoms with Crippen LogP contribution in [0.5, 0.6) is 0 Å². The summed E-state index contributed by atoms with van der Waals surface area (Å²) in [6.07, 6.45) is 9.47. The molecule has 1 saturated carbocycles. The SMILES string of the molecule is CCCCC(C)C1CCC(N)CC1. The summed E-state index contributed by atoms with van der Waals surface area (Å²) in [5, 5.41) is 0. The maximum atomic E-state index is 5.90. The van der Waals surface area contributed by atoms with Gasteiger partial charge in [0.15, 0.2) is 0 Å². The van der Waals surface area contributed by atoms with Crippen LogP contribution < -0.4 is 5.73 Å². The van der Waals surface area contributed by atoms with Gasteiger partial charge < -0.3 is 5.73 Å². The van der Waals surface area contributed by atoms with Crippen LogP contribution in [0.3, 0.4) is 0 Å². The molecular weight excluding hydrogens is 158 g/mol. The van der Waals surface area contributed by atoms with Crippen LogP contribution in [0.1, 0.15) is 58.8 Å². The Morgan fingerprint density at radius 1 is 1.23 bits per heavy atom. The highest BCUT2D eigenvalue weighted by molar-refractivity contribution is 4.77. The van der Waals surface area contributed by atoms with Crippen molar-refractivity contribution in [1.29, 1.82) is 0 Å². The maximum Gasteiger partial charge on any atom is 0.00390 e. The summed E-state index contributed by atoms with van der Waals surface area (Å²) in [5.41, 5.74) is 5.90. The average molecular weight is 183 g/mol. The number of unbranched alkanes of at least 4 members (excludes halogenated alkanes) is 1. The Labute approximate surface area is 83.1 Å². The monoisotopic (exact) mass is 183 g/mol. The molecule has 1 aliphatic carbocycles. The van der Waals surface area contributed by atoms with Crippen LogP contribution in [-0.4, -0.2) is 6.04 Å². The van der Waals surface area contributed by atoms with E-state index in [1.807, 2.05) is 0 Å². The quantitative estimate of drug-likeness (QED) is 0.711. The van der Waals surface area contributed by atoms with Gasteiger partial charge in [-0.2, -0.15) is 0 Å². The van der Waals surface area contributed by atoms with E-state index in [9.17, 15) is 0 Å². The van der Waals surface area contributed by atoms with Gasteiger partial charge >= 0.3 is 0 Å². The molecule has 1 aliphatic rings. The summed E-state index contributed by atoms with van der Waals surface area (Å²) in [6.45, 7) is 4.71. The first-order valence-corrected chi connectivity index (χ1v) is 5.99. The van der Waals surface area contributed by atoms with Gasteiger partial charge in [-0.15, -0.1) is 0 Å². The van der Waals surface area contributed by atoms with Crippen molar-refractivity contribution in [3.05, 3.63) is 0 Å². The maximum absolute atomic E-state index is 5.90. The fourth-order valence-corrected chi connectivity index (χ4v) is 2.48. The van der Waals surface area contributed by atoms with E-state index in [0.717, 1.165) is 11.8 Å². The molecule has 0 bridgehead atoms. The third-order valence-electron chi connectivity index (χ3n) is 3.63. The Balaban J connectivity index is 2.19. The smallest absolute Gasteiger partial charge is 0.00390 e. The van der Waals surface area contributed by atoms with Crippen LogP contribution >= 0.6 is 0 Å². The van der Waals surface area contributed by atoms with E-state index in [1.54, 1.807) is 0 Å². The van der Waals surface area contributed by atoms with Crippen molar-refractivity contribution in [3.8, 4) is 0 Å². The van der Waals surface area contributed by atoms with Crippen molar-refractivity contribution in [1.82, 2.24) is 0 Å². The van der Waals surface area contributed by atoms with Gasteiger partial charge in [0.05, 0.1) is 0 Å². The standard InChI is InChI=1S/C12H25N/c1-3-4-5-10(2)11-6-8-12(13)9-7-11/h10-12H,3-9,13H2,1-2H3. The lowest BCUT2D eigenvalue weighted by molar-refractivity contribution is 0.233. The van der Waals surface area contributed by atoms with Crippen molar-refractivity contribution in [2.24, 2.45) is 17.6 Å². The van der Waals surface area contributed by atoms with E-state index in [-0.39, 0.29) is 0 Å². The van der Waals surface area contributed by atoms with Crippen molar-refractivity contribution in [3.63, 3.8) is 0 Å². The third-order valence-corrected chi connectivity index (χ3v) is 3.63. The zero-order valence-corrected chi connectivity index (χ0v) is 9.26. The Hall–Kier alpha value is -0.0400. The molecule has 1 unspecified atom stereocenters. The molecule has 2 N–H and O–H groups in total. The summed E-state index contributed by atoms with van der Waals surface area (Å²) < 4.78 is 0. The molecule has 0 amide bonds. The highest BCUT2D eigenvalue weighted by atomic mass is 14.6. The lowest BCUT2D eigenvalue weighted by Crippen LogP contribution is -2.28. The topological polar surface area (TPSA) is 26.0 Å². The molecule has 1 heteroatoms. The molecular formula is C12H25N. The van der Waals surface area contributed by atoms with Crippen LogP contribution in [0.25, 0.3) is 0 Å². The molecule has 1 nitrogen and oxygen atoms in total. The second-order valence-electron chi connectivity index (χ2n) is 4.79. The highest BCUT2D eigenvalue weighted by Crippen LogP contribution is 2.31. The first-order valence-electron chi connectivity index (χ1n) is 5.99. The van der Waals surface area contributed by atoms with E-state index < -0.39 is 0 Å². The molecule has 0 heterocycles. The van der Waals surface area contributed by atoms with Gasteiger partial charge in [0, 0.05) is 6.04 Å². The van der Waals surface area contributed by atoms with Gasteiger partial charge in [-0.1, -0.05) is 33.1 Å². The van der Waals surface area contributed by atoms with Gasteiger partial charge in [-0.25, -0.2) is 0 Å². The molecule has 1 rings (SSSR count). The molecule has 0 aliphatic heterocycles. The lowest BCUT2D eigenvalue weighted by atomic mass is 9.77. The Morgan fingerprint density at radius 3 is 2.38 bits per heavy atom. The number of rotatable bonds is 4. The summed E-state index contributed by atoms with van der Waals surface area (Å²) in [6, 6.07) is 0.509. The minimum Gasteiger partial charge on any atom is -0.328 e. The van der Waals surface area contributed by atoms with Crippen LogP contribution in [-0.2, 0) is 0 Å². The molecule has 0 aromatic carbocycles. The van der Waals surface area contributed by atoms with E-state index in [4.69, 9.17) is 5.73 Å². The van der Waals surface area contributed by atoms with E-state index in [2.05, 4.69) is 13.8 Å². The molecule has 0 aromatic rings. The Kier molecular flexibility index (Phi) is 4.79. The second kappa shape index (κ2) is 5.64. The van der Waals surface area contributed by atoms with Crippen molar-refractivity contribution >= 4 is 0 Å². The first kappa shape index (κ1) is 11.0. The van der Waals surface area contributed by atoms with Gasteiger partial charge in [-0.3, -0.25) is 0 Å². The fourth-order valence-electron chi connectivity index (χ4n) is 2.48. The minimum atomic E-state index is 0.509. The molecule has 0 radical (unpaired) electrons. The first-order chi connectivity index (χ1) is 6.24. The summed E-state index contributed by atoms with van der Waals surface area (Å²) in [7, 11) is 0. The van der Waals surface area contributed by atoms with Gasteiger partial charge in [-0.05, 0) is 37.5 Å². The zero-order valence-electron chi connectivity index (χ0n) is 9.26. The Morgan fingerprint density at radius 2 is 1.85 bits per heavy atom. The zero-order chi connectivity index (χ0) is 9.68. The van der Waals surface area contributed by atoms with Gasteiger partial charge in [0.1, 0.15) is 0 Å². The van der Waals surface area contributed by atoms with Crippen LogP contribution in [0.15, 0.2) is 0 Å². The second-order valence-corrected chi connectivity index (χ2v) is 4.79. The van der Waals surface area contributed by atoms with Crippen molar-refractivity contribution in [2.75, 3.05) is 0 Å². The Bertz CT molecular complexity index is 125. The summed E-state index contributed by atoms with van der Waals surface area (Å²) in [5.74, 6) is 1.92. The van der Waals surface area contributed by atoms with Crippen LogP contribution in [0.2, 0.25) is 0 Å². The number of nitrogens with two attached hydrogens (primary N) is 1. The highest BCUT2D eigenvalue weighted by Gasteiger charge is 2.22. The van der Waals surface area contributed by atoms with E-state index in [1.165, 1.54) is 44.9 Å². The summed E-state index contributed by atoms with van der Waals surface area (Å²) >= 11 is 0. The largest absolute Gasteiger partial charge is 0.328 e.